The summed E-state index contributed by atoms with van der Waals surface area (Å²) >= 11 is 0. The molecular weight excluding hydrogens is 360 g/mol. The van der Waals surface area contributed by atoms with Crippen LogP contribution in [0, 0.1) is 17.0 Å². The molecule has 2 rings (SSSR count). The molecule has 0 aliphatic heterocycles. The van der Waals surface area contributed by atoms with Crippen LogP contribution in [0.3, 0.4) is 0 Å². The van der Waals surface area contributed by atoms with Crippen LogP contribution >= 0.6 is 0 Å². The average Bonchev–Trinajstić information content (AvgIpc) is 3.01. The van der Waals surface area contributed by atoms with Crippen molar-refractivity contribution in [2.24, 2.45) is 5.10 Å². The van der Waals surface area contributed by atoms with Crippen LogP contribution in [0.5, 0.6) is 0 Å². The van der Waals surface area contributed by atoms with Crippen LogP contribution in [-0.2, 0) is 10.0 Å². The third-order valence-corrected chi connectivity index (χ3v) is 5.69. The standard InChI is InChI=1S/C16H20N4O5S/c1-4-19(5-2)26(23,24)14-8-9-15(16(10-14)20(21)22)18-17-11-13-7-6-12(3)25-13/h6-11,18H,4-5H2,1-3H3/b17-11-. The van der Waals surface area contributed by atoms with E-state index in [0.29, 0.717) is 11.5 Å². The van der Waals surface area contributed by atoms with Crippen molar-refractivity contribution < 1.29 is 17.8 Å². The lowest BCUT2D eigenvalue weighted by molar-refractivity contribution is -0.384. The molecule has 0 spiro atoms. The molecule has 0 unspecified atom stereocenters. The fourth-order valence-corrected chi connectivity index (χ4v) is 3.80. The van der Waals surface area contributed by atoms with E-state index in [-0.39, 0.29) is 29.4 Å². The summed E-state index contributed by atoms with van der Waals surface area (Å²) in [5, 5.41) is 15.2. The molecule has 9 nitrogen and oxygen atoms in total. The molecule has 1 aromatic heterocycles. The zero-order chi connectivity index (χ0) is 19.3. The molecule has 0 saturated carbocycles. The largest absolute Gasteiger partial charge is 0.460 e. The lowest BCUT2D eigenvalue weighted by atomic mass is 10.3. The zero-order valence-corrected chi connectivity index (χ0v) is 15.5. The minimum absolute atomic E-state index is 0.0769. The van der Waals surface area contributed by atoms with E-state index in [1.807, 2.05) is 0 Å². The summed E-state index contributed by atoms with van der Waals surface area (Å²) in [6.45, 7) is 5.75. The smallest absolute Gasteiger partial charge is 0.295 e. The highest BCUT2D eigenvalue weighted by molar-refractivity contribution is 7.89. The molecule has 1 N–H and O–H groups in total. The van der Waals surface area contributed by atoms with Gasteiger partial charge < -0.3 is 4.42 Å². The second-order valence-corrected chi connectivity index (χ2v) is 7.28. The molecule has 0 fully saturated rings. The van der Waals surface area contributed by atoms with E-state index in [1.165, 1.54) is 22.7 Å². The summed E-state index contributed by atoms with van der Waals surface area (Å²) in [5.41, 5.74) is 2.24. The van der Waals surface area contributed by atoms with Gasteiger partial charge in [-0.1, -0.05) is 13.8 Å². The van der Waals surface area contributed by atoms with E-state index in [0.717, 1.165) is 6.07 Å². The first-order chi connectivity index (χ1) is 12.3. The van der Waals surface area contributed by atoms with Gasteiger partial charge >= 0.3 is 0 Å². The van der Waals surface area contributed by atoms with Crippen LogP contribution in [-0.4, -0.2) is 37.0 Å². The number of benzene rings is 1. The van der Waals surface area contributed by atoms with Gasteiger partial charge in [0.25, 0.3) is 5.69 Å². The molecule has 0 saturated heterocycles. The molecule has 0 bridgehead atoms. The van der Waals surface area contributed by atoms with Gasteiger partial charge in [0, 0.05) is 19.2 Å². The van der Waals surface area contributed by atoms with Gasteiger partial charge in [0.05, 0.1) is 16.0 Å². The van der Waals surface area contributed by atoms with Crippen molar-refractivity contribution in [1.82, 2.24) is 4.31 Å². The maximum Gasteiger partial charge on any atom is 0.295 e. The second kappa shape index (κ2) is 8.11. The second-order valence-electron chi connectivity index (χ2n) is 5.34. The van der Waals surface area contributed by atoms with E-state index in [1.54, 1.807) is 32.9 Å². The average molecular weight is 380 g/mol. The number of nitro benzene ring substituents is 1. The van der Waals surface area contributed by atoms with Crippen LogP contribution < -0.4 is 5.43 Å². The minimum Gasteiger partial charge on any atom is -0.460 e. The summed E-state index contributed by atoms with van der Waals surface area (Å²) in [4.78, 5) is 10.5. The van der Waals surface area contributed by atoms with Gasteiger partial charge in [-0.05, 0) is 31.2 Å². The SMILES string of the molecule is CCN(CC)S(=O)(=O)c1ccc(N/N=C\c2ccc(C)o2)c([N+](=O)[O-])c1. The fourth-order valence-electron chi connectivity index (χ4n) is 2.32. The van der Waals surface area contributed by atoms with Gasteiger partial charge in [0.1, 0.15) is 17.2 Å². The molecule has 1 heterocycles. The van der Waals surface area contributed by atoms with Crippen molar-refractivity contribution in [3.63, 3.8) is 0 Å². The van der Waals surface area contributed by atoms with Gasteiger partial charge in [-0.3, -0.25) is 15.5 Å². The number of hydrogen-bond donors (Lipinski definition) is 1. The molecule has 0 atom stereocenters. The molecular formula is C16H20N4O5S. The maximum atomic E-state index is 12.5. The Balaban J connectivity index is 2.31. The van der Waals surface area contributed by atoms with E-state index in [4.69, 9.17) is 4.42 Å². The van der Waals surface area contributed by atoms with Gasteiger partial charge in [0.2, 0.25) is 10.0 Å². The Hall–Kier alpha value is -2.72. The first-order valence-electron chi connectivity index (χ1n) is 7.93. The number of rotatable bonds is 8. The number of anilines is 1. The Morgan fingerprint density at radius 2 is 1.96 bits per heavy atom. The van der Waals surface area contributed by atoms with Crippen LogP contribution in [0.2, 0.25) is 0 Å². The van der Waals surface area contributed by atoms with Crippen molar-refractivity contribution in [3.8, 4) is 0 Å². The monoisotopic (exact) mass is 380 g/mol. The lowest BCUT2D eigenvalue weighted by Gasteiger charge is -2.18. The molecule has 1 aromatic carbocycles. The number of nitrogens with zero attached hydrogens (tertiary/aromatic N) is 3. The molecule has 0 aliphatic rings. The van der Waals surface area contributed by atoms with E-state index < -0.39 is 14.9 Å². The number of hydrazone groups is 1. The van der Waals surface area contributed by atoms with Crippen molar-refractivity contribution in [2.45, 2.75) is 25.7 Å². The van der Waals surface area contributed by atoms with E-state index >= 15 is 0 Å². The Bertz CT molecular complexity index is 916. The molecule has 2 aromatic rings. The topological polar surface area (TPSA) is 118 Å². The number of furan rings is 1. The number of sulfonamides is 1. The third kappa shape index (κ3) is 4.27. The predicted octanol–water partition coefficient (Wildman–Crippen LogP) is 2.97. The predicted molar refractivity (Wildman–Crippen MR) is 97.9 cm³/mol. The normalized spacial score (nSPS) is 12.0. The quantitative estimate of drug-likeness (QED) is 0.427. The van der Waals surface area contributed by atoms with Crippen LogP contribution in [0.15, 0.2) is 44.7 Å². The summed E-state index contributed by atoms with van der Waals surface area (Å²) in [6.07, 6.45) is 1.37. The Morgan fingerprint density at radius 3 is 2.50 bits per heavy atom. The minimum atomic E-state index is -3.79. The highest BCUT2D eigenvalue weighted by atomic mass is 32.2. The van der Waals surface area contributed by atoms with E-state index in [2.05, 4.69) is 10.5 Å². The van der Waals surface area contributed by atoms with Gasteiger partial charge in [-0.25, -0.2) is 8.42 Å². The molecule has 10 heteroatoms. The van der Waals surface area contributed by atoms with Crippen LogP contribution in [0.4, 0.5) is 11.4 Å². The molecule has 140 valence electrons. The molecule has 0 radical (unpaired) electrons. The zero-order valence-electron chi connectivity index (χ0n) is 14.7. The number of hydrogen-bond acceptors (Lipinski definition) is 7. The summed E-state index contributed by atoms with van der Waals surface area (Å²) in [7, 11) is -3.79. The highest BCUT2D eigenvalue weighted by Gasteiger charge is 2.25. The first kappa shape index (κ1) is 19.6. The Morgan fingerprint density at radius 1 is 1.27 bits per heavy atom. The summed E-state index contributed by atoms with van der Waals surface area (Å²) < 4.78 is 31.6. The van der Waals surface area contributed by atoms with Crippen molar-refractivity contribution in [1.29, 1.82) is 0 Å². The van der Waals surface area contributed by atoms with Gasteiger partial charge in [0.15, 0.2) is 0 Å². The van der Waals surface area contributed by atoms with Crippen molar-refractivity contribution in [2.75, 3.05) is 18.5 Å². The number of nitrogens with one attached hydrogen (secondary N) is 1. The fraction of sp³-hybridized carbons (Fsp3) is 0.312. The Kier molecular flexibility index (Phi) is 6.11. The summed E-state index contributed by atoms with van der Waals surface area (Å²) in [6, 6.07) is 7.13. The maximum absolute atomic E-state index is 12.5. The van der Waals surface area contributed by atoms with Gasteiger partial charge in [-0.15, -0.1) is 0 Å². The summed E-state index contributed by atoms with van der Waals surface area (Å²) in [5.74, 6) is 1.20. The number of nitro groups is 1. The third-order valence-electron chi connectivity index (χ3n) is 3.65. The molecule has 0 amide bonds. The van der Waals surface area contributed by atoms with Gasteiger partial charge in [-0.2, -0.15) is 9.41 Å². The Labute approximate surface area is 151 Å². The van der Waals surface area contributed by atoms with Crippen LogP contribution in [0.1, 0.15) is 25.4 Å². The van der Waals surface area contributed by atoms with Crippen LogP contribution in [0.25, 0.3) is 0 Å². The molecule has 26 heavy (non-hydrogen) atoms. The number of aryl methyl sites for hydroxylation is 1. The van der Waals surface area contributed by atoms with Crippen molar-refractivity contribution in [3.05, 3.63) is 52.0 Å². The van der Waals surface area contributed by atoms with Crippen molar-refractivity contribution >= 4 is 27.6 Å². The van der Waals surface area contributed by atoms with E-state index in [9.17, 15) is 18.5 Å². The molecule has 0 aliphatic carbocycles. The highest BCUT2D eigenvalue weighted by Crippen LogP contribution is 2.29. The lowest BCUT2D eigenvalue weighted by Crippen LogP contribution is -2.30. The first-order valence-corrected chi connectivity index (χ1v) is 9.37.